The number of carbonyl (C=O) groups is 1. The third kappa shape index (κ3) is 6.27. The van der Waals surface area contributed by atoms with Gasteiger partial charge in [0.1, 0.15) is 11.1 Å². The van der Waals surface area contributed by atoms with Gasteiger partial charge in [0.2, 0.25) is 5.91 Å². The fourth-order valence-corrected chi connectivity index (χ4v) is 12.8. The average molecular weight is 758 g/mol. The highest BCUT2D eigenvalue weighted by Gasteiger charge is 2.79. The van der Waals surface area contributed by atoms with Crippen molar-refractivity contribution in [3.05, 3.63) is 108 Å². The summed E-state index contributed by atoms with van der Waals surface area (Å²) in [4.78, 5) is 17.8. The van der Waals surface area contributed by atoms with Gasteiger partial charge in [-0.15, -0.1) is 0 Å². The van der Waals surface area contributed by atoms with Gasteiger partial charge in [0, 0.05) is 43.1 Å². The molecule has 5 aliphatic carbocycles. The summed E-state index contributed by atoms with van der Waals surface area (Å²) in [5, 5.41) is 24.0. The van der Waals surface area contributed by atoms with E-state index < -0.39 is 0 Å². The van der Waals surface area contributed by atoms with E-state index in [2.05, 4.69) is 94.5 Å². The molecule has 0 radical (unpaired) electrons. The summed E-state index contributed by atoms with van der Waals surface area (Å²) in [5.74, 6) is 10.00. The topological polar surface area (TPSA) is 95.9 Å². The Labute approximate surface area is 336 Å². The van der Waals surface area contributed by atoms with Gasteiger partial charge in [0.15, 0.2) is 0 Å². The molecule has 5 saturated carbocycles. The number of aromatic nitrogens is 3. The van der Waals surface area contributed by atoms with Gasteiger partial charge in [-0.1, -0.05) is 84.6 Å². The molecule has 7 heteroatoms. The molecule has 10 rings (SSSR count). The Kier molecular flexibility index (Phi) is 9.44. The molecule has 1 amide bonds. The van der Waals surface area contributed by atoms with E-state index in [1.54, 1.807) is 0 Å². The summed E-state index contributed by atoms with van der Waals surface area (Å²) in [6.45, 7) is 1.43. The minimum absolute atomic E-state index is 0.138. The molecule has 5 aromatic rings. The van der Waals surface area contributed by atoms with Crippen LogP contribution in [-0.4, -0.2) is 37.8 Å². The highest BCUT2D eigenvalue weighted by Crippen LogP contribution is 2.87. The maximum atomic E-state index is 12.7. The second kappa shape index (κ2) is 14.8. The van der Waals surface area contributed by atoms with Gasteiger partial charge < -0.3 is 19.6 Å². The van der Waals surface area contributed by atoms with Crippen molar-refractivity contribution in [2.24, 2.45) is 28.6 Å². The maximum absolute atomic E-state index is 12.7. The maximum Gasteiger partial charge on any atom is 0.219 e. The zero-order valence-corrected chi connectivity index (χ0v) is 33.1. The Balaban J connectivity index is 0.835. The Bertz CT molecular complexity index is 2420. The Morgan fingerprint density at radius 3 is 2.46 bits per heavy atom. The monoisotopic (exact) mass is 757 g/mol. The summed E-state index contributed by atoms with van der Waals surface area (Å²) in [7, 11) is 0. The van der Waals surface area contributed by atoms with Crippen LogP contribution >= 0.6 is 0 Å². The molecule has 2 heterocycles. The summed E-state index contributed by atoms with van der Waals surface area (Å²) in [5.41, 5.74) is 8.82. The summed E-state index contributed by atoms with van der Waals surface area (Å²) < 4.78 is 4.31. The van der Waals surface area contributed by atoms with Gasteiger partial charge >= 0.3 is 0 Å². The van der Waals surface area contributed by atoms with Gasteiger partial charge in [-0.05, 0) is 134 Å². The molecule has 7 nitrogen and oxygen atoms in total. The molecule has 5 unspecified atom stereocenters. The lowest BCUT2D eigenvalue weighted by Crippen LogP contribution is -2.66. The summed E-state index contributed by atoms with van der Waals surface area (Å²) in [6, 6.07) is 29.5. The first kappa shape index (κ1) is 36.4. The number of hydrogen-bond acceptors (Lipinski definition) is 4. The van der Waals surface area contributed by atoms with E-state index in [9.17, 15) is 15.3 Å². The van der Waals surface area contributed by atoms with Crippen molar-refractivity contribution < 1.29 is 9.90 Å². The number of carbonyl (C=O) groups excluding carboxylic acids is 1. The van der Waals surface area contributed by atoms with Crippen molar-refractivity contribution in [2.75, 3.05) is 6.54 Å². The zero-order valence-electron chi connectivity index (χ0n) is 33.1. The van der Waals surface area contributed by atoms with Crippen molar-refractivity contribution in [2.45, 2.75) is 109 Å². The Hall–Kier alpha value is -4.93. The fourth-order valence-electron chi connectivity index (χ4n) is 12.8. The molecule has 2 bridgehead atoms. The molecule has 3 aromatic carbocycles. The van der Waals surface area contributed by atoms with Crippen LogP contribution in [0.25, 0.3) is 33.4 Å². The lowest BCUT2D eigenvalue weighted by molar-refractivity contribution is -0.246. The molecule has 5 atom stereocenters. The zero-order chi connectivity index (χ0) is 38.6. The van der Waals surface area contributed by atoms with Crippen molar-refractivity contribution >= 4 is 16.9 Å². The second-order valence-corrected chi connectivity index (χ2v) is 18.2. The number of unbranched alkanes of at least 4 members (excludes halogenated alkanes) is 2. The molecular formula is C50H55N5O2. The number of nitrogens with zero attached hydrogens (tertiary/aromatic N) is 3. The van der Waals surface area contributed by atoms with Crippen LogP contribution in [0.15, 0.2) is 91.3 Å². The Morgan fingerprint density at radius 2 is 1.68 bits per heavy atom. The SMILES string of the molecule is N=c1c2c(-c3ccccc3)c(-c3ccccc3)n(Cc3cccc(C#CCCCCC(=O)NCCC45CC6CC7CC(C4)C75C6)c3)c2ncn1C1CCC(O)CC1. The second-order valence-electron chi connectivity index (χ2n) is 18.2. The molecule has 5 fully saturated rings. The fraction of sp³-hybridized carbons (Fsp3) is 0.460. The number of rotatable bonds is 12. The molecule has 0 saturated heterocycles. The van der Waals surface area contributed by atoms with Crippen LogP contribution in [0.5, 0.6) is 0 Å². The van der Waals surface area contributed by atoms with E-state index in [0.717, 1.165) is 114 Å². The summed E-state index contributed by atoms with van der Waals surface area (Å²) >= 11 is 0. The lowest BCUT2D eigenvalue weighted by atomic mass is 9.31. The van der Waals surface area contributed by atoms with E-state index in [4.69, 9.17) is 4.98 Å². The third-order valence-electron chi connectivity index (χ3n) is 15.2. The molecule has 2 aromatic heterocycles. The first-order valence-corrected chi connectivity index (χ1v) is 21.7. The third-order valence-corrected chi connectivity index (χ3v) is 15.2. The largest absolute Gasteiger partial charge is 0.393 e. The van der Waals surface area contributed by atoms with E-state index in [-0.39, 0.29) is 18.1 Å². The standard InChI is InChI=1S/C50H55N5O2/c51-47-45-44(37-15-6-3-7-16-37)46(38-17-8-4-9-18-38)54(48(45)53-33-55(47)41-20-22-42(56)23-21-41)32-35-14-11-13-34(26-35)12-5-1-2-10-19-43(57)52-25-24-49-29-36-27-39-28-40(31-49)50(39,49)30-36/h3-4,6-9,11,13-18,26,33,36,39-42,51,56H,1-2,10,19-25,27-32H2,(H,52,57). The molecular weight excluding hydrogens is 703 g/mol. The Morgan fingerprint density at radius 1 is 0.895 bits per heavy atom. The minimum Gasteiger partial charge on any atom is -0.393 e. The minimum atomic E-state index is -0.261. The van der Waals surface area contributed by atoms with Crippen molar-refractivity contribution in [1.29, 1.82) is 5.41 Å². The molecule has 0 aliphatic heterocycles. The predicted molar refractivity (Wildman–Crippen MR) is 225 cm³/mol. The molecule has 57 heavy (non-hydrogen) atoms. The van der Waals surface area contributed by atoms with Gasteiger partial charge in [-0.3, -0.25) is 10.2 Å². The number of aliphatic hydroxyl groups is 1. The van der Waals surface area contributed by atoms with E-state index in [0.29, 0.717) is 29.3 Å². The molecule has 3 N–H and O–H groups in total. The van der Waals surface area contributed by atoms with E-state index in [1.165, 1.54) is 38.5 Å². The molecule has 292 valence electrons. The number of fused-ring (bicyclic) bond motifs is 2. The van der Waals surface area contributed by atoms with Crippen LogP contribution in [0.3, 0.4) is 0 Å². The van der Waals surface area contributed by atoms with Crippen LogP contribution in [-0.2, 0) is 11.3 Å². The summed E-state index contributed by atoms with van der Waals surface area (Å²) in [6.07, 6.45) is 16.4. The quantitative estimate of drug-likeness (QED) is 0.0875. The number of aliphatic hydroxyl groups excluding tert-OH is 1. The van der Waals surface area contributed by atoms with Crippen molar-refractivity contribution in [1.82, 2.24) is 19.4 Å². The highest BCUT2D eigenvalue weighted by atomic mass is 16.3. The van der Waals surface area contributed by atoms with Crippen LogP contribution in [0.1, 0.15) is 107 Å². The van der Waals surface area contributed by atoms with Gasteiger partial charge in [0.05, 0.1) is 23.5 Å². The van der Waals surface area contributed by atoms with E-state index in [1.807, 2.05) is 23.0 Å². The number of nitrogens with one attached hydrogen (secondary N) is 2. The van der Waals surface area contributed by atoms with Crippen LogP contribution in [0, 0.1) is 45.8 Å². The molecule has 5 aliphatic rings. The van der Waals surface area contributed by atoms with Crippen molar-refractivity contribution in [3.8, 4) is 34.2 Å². The van der Waals surface area contributed by atoms with Crippen molar-refractivity contribution in [3.63, 3.8) is 0 Å². The van der Waals surface area contributed by atoms with E-state index >= 15 is 0 Å². The average Bonchev–Trinajstić information content (AvgIpc) is 3.84. The lowest BCUT2D eigenvalue weighted by Gasteiger charge is -2.73. The number of benzene rings is 3. The van der Waals surface area contributed by atoms with Crippen LogP contribution in [0.4, 0.5) is 0 Å². The first-order chi connectivity index (χ1) is 27.9. The van der Waals surface area contributed by atoms with Gasteiger partial charge in [-0.25, -0.2) is 4.98 Å². The first-order valence-electron chi connectivity index (χ1n) is 21.7. The smallest absolute Gasteiger partial charge is 0.219 e. The van der Waals surface area contributed by atoms with Gasteiger partial charge in [-0.2, -0.15) is 0 Å². The normalized spacial score (nSPS) is 27.9. The van der Waals surface area contributed by atoms with Crippen LogP contribution < -0.4 is 10.8 Å². The predicted octanol–water partition coefficient (Wildman–Crippen LogP) is 9.42. The number of amides is 1. The van der Waals surface area contributed by atoms with Crippen LogP contribution in [0.2, 0.25) is 0 Å². The highest BCUT2D eigenvalue weighted by molar-refractivity contribution is 6.02. The van der Waals surface area contributed by atoms with Gasteiger partial charge in [0.25, 0.3) is 0 Å². The molecule has 1 spiro atoms. The number of hydrogen-bond donors (Lipinski definition) is 3.